The summed E-state index contributed by atoms with van der Waals surface area (Å²) in [6, 6.07) is 3.90. The summed E-state index contributed by atoms with van der Waals surface area (Å²) in [5.41, 5.74) is 4.02. The molecule has 1 N–H and O–H groups in total. The number of rotatable bonds is 1. The Morgan fingerprint density at radius 3 is 2.83 bits per heavy atom. The van der Waals surface area contributed by atoms with Gasteiger partial charge in [0, 0.05) is 37.6 Å². The topological polar surface area (TPSA) is 69.6 Å². The molecule has 0 amide bonds. The van der Waals surface area contributed by atoms with Crippen LogP contribution in [0.25, 0.3) is 17.0 Å². The lowest BCUT2D eigenvalue weighted by Crippen LogP contribution is -2.49. The second-order valence-electron chi connectivity index (χ2n) is 8.39. The van der Waals surface area contributed by atoms with Crippen LogP contribution in [0.15, 0.2) is 34.5 Å². The molecule has 7 nitrogen and oxygen atoms in total. The van der Waals surface area contributed by atoms with Gasteiger partial charge in [-0.05, 0) is 59.7 Å². The van der Waals surface area contributed by atoms with E-state index >= 15 is 0 Å². The highest BCUT2D eigenvalue weighted by atomic mass is 79.9. The number of guanidine groups is 1. The first-order valence-corrected chi connectivity index (χ1v) is 10.8. The minimum Gasteiger partial charge on any atom is -0.378 e. The number of piperidine rings is 1. The van der Waals surface area contributed by atoms with E-state index in [0.29, 0.717) is 11.5 Å². The van der Waals surface area contributed by atoms with E-state index in [1.54, 1.807) is 6.20 Å². The van der Waals surface area contributed by atoms with E-state index in [0.717, 1.165) is 71.4 Å². The number of aromatic amines is 1. The largest absolute Gasteiger partial charge is 0.378 e. The number of pyridine rings is 1. The number of aliphatic imine (C=N–C) groups is 1. The van der Waals surface area contributed by atoms with Gasteiger partial charge in [-0.1, -0.05) is 6.58 Å². The van der Waals surface area contributed by atoms with Gasteiger partial charge in [-0.3, -0.25) is 5.10 Å². The third-order valence-corrected chi connectivity index (χ3v) is 6.89. The number of hydrogen-bond acceptors (Lipinski definition) is 6. The summed E-state index contributed by atoms with van der Waals surface area (Å²) in [6.45, 7) is 9.41. The first kappa shape index (κ1) is 18.8. The maximum atomic E-state index is 5.87. The first-order valence-electron chi connectivity index (χ1n) is 10.0. The van der Waals surface area contributed by atoms with Crippen LogP contribution in [0.3, 0.4) is 0 Å². The second kappa shape index (κ2) is 6.95. The Labute approximate surface area is 179 Å². The molecule has 2 saturated heterocycles. The lowest BCUT2D eigenvalue weighted by atomic mass is 9.77. The van der Waals surface area contributed by atoms with Crippen molar-refractivity contribution in [2.45, 2.75) is 32.3 Å². The number of aromatic nitrogens is 3. The van der Waals surface area contributed by atoms with E-state index in [1.807, 2.05) is 19.2 Å². The molecule has 0 aliphatic carbocycles. The lowest BCUT2D eigenvalue weighted by Gasteiger charge is -2.42. The van der Waals surface area contributed by atoms with Gasteiger partial charge in [-0.25, -0.2) is 4.98 Å². The molecule has 0 saturated carbocycles. The Balaban J connectivity index is 1.43. The Kier molecular flexibility index (Phi) is 4.51. The minimum absolute atomic E-state index is 0.349. The van der Waals surface area contributed by atoms with Crippen molar-refractivity contribution < 1.29 is 4.74 Å². The molecule has 3 aliphatic rings. The Morgan fingerprint density at radius 2 is 2.14 bits per heavy atom. The maximum Gasteiger partial charge on any atom is 0.207 e. The second-order valence-corrected chi connectivity index (χ2v) is 9.21. The molecule has 5 rings (SSSR count). The van der Waals surface area contributed by atoms with E-state index in [4.69, 9.17) is 9.73 Å². The van der Waals surface area contributed by atoms with Crippen molar-refractivity contribution in [2.75, 3.05) is 26.7 Å². The average molecular weight is 457 g/mol. The van der Waals surface area contributed by atoms with Gasteiger partial charge in [0.25, 0.3) is 0 Å². The van der Waals surface area contributed by atoms with Crippen LogP contribution in [-0.4, -0.2) is 63.8 Å². The van der Waals surface area contributed by atoms with Crippen LogP contribution in [0, 0.1) is 5.41 Å². The smallest absolute Gasteiger partial charge is 0.207 e. The number of fused-ring (bicyclic) bond motifs is 1. The number of ether oxygens (including phenoxy) is 1. The van der Waals surface area contributed by atoms with Crippen LogP contribution in [-0.2, 0) is 4.74 Å². The summed E-state index contributed by atoms with van der Waals surface area (Å²) >= 11 is 3.44. The highest BCUT2D eigenvalue weighted by Gasteiger charge is 2.42. The summed E-state index contributed by atoms with van der Waals surface area (Å²) in [7, 11) is 2.04. The fraction of sp³-hybridized carbons (Fsp3) is 0.476. The van der Waals surface area contributed by atoms with E-state index in [2.05, 4.69) is 54.4 Å². The van der Waals surface area contributed by atoms with E-state index in [9.17, 15) is 0 Å². The minimum atomic E-state index is 0.349. The molecule has 5 heterocycles. The zero-order valence-electron chi connectivity index (χ0n) is 16.8. The van der Waals surface area contributed by atoms with E-state index in [-0.39, 0.29) is 0 Å². The highest BCUT2D eigenvalue weighted by molar-refractivity contribution is 9.10. The Morgan fingerprint density at radius 1 is 1.34 bits per heavy atom. The number of hydrogen-bond donors (Lipinski definition) is 1. The Bertz CT molecular complexity index is 991. The normalized spacial score (nSPS) is 23.5. The van der Waals surface area contributed by atoms with Gasteiger partial charge in [0.2, 0.25) is 5.96 Å². The molecule has 8 heteroatoms. The van der Waals surface area contributed by atoms with Crippen LogP contribution in [0.2, 0.25) is 0 Å². The monoisotopic (exact) mass is 456 g/mol. The molecule has 2 fully saturated rings. The number of nitrogens with zero attached hydrogens (tertiary/aromatic N) is 5. The van der Waals surface area contributed by atoms with Crippen LogP contribution >= 0.6 is 15.9 Å². The van der Waals surface area contributed by atoms with Crippen molar-refractivity contribution in [2.24, 2.45) is 10.4 Å². The van der Waals surface area contributed by atoms with Crippen LogP contribution in [0.4, 0.5) is 5.82 Å². The third-order valence-electron chi connectivity index (χ3n) is 6.45. The third kappa shape index (κ3) is 3.18. The van der Waals surface area contributed by atoms with Crippen molar-refractivity contribution in [3.05, 3.63) is 35.1 Å². The average Bonchev–Trinajstić information content (AvgIpc) is 3.29. The zero-order valence-corrected chi connectivity index (χ0v) is 18.4. The van der Waals surface area contributed by atoms with E-state index in [1.165, 1.54) is 6.42 Å². The van der Waals surface area contributed by atoms with E-state index < -0.39 is 0 Å². The molecule has 152 valence electrons. The fourth-order valence-electron chi connectivity index (χ4n) is 4.77. The van der Waals surface area contributed by atoms with Crippen molar-refractivity contribution >= 4 is 33.4 Å². The number of H-pyrrole nitrogens is 1. The van der Waals surface area contributed by atoms with Gasteiger partial charge in [0.15, 0.2) is 5.82 Å². The SMILES string of the molecule is C=C1c2c(-c3ccnc(Br)c3)n[nH]c2N=C(N2CCC3(CC2)CO[C@@H](C)C3)N1C. The summed E-state index contributed by atoms with van der Waals surface area (Å²) in [4.78, 5) is 13.6. The summed E-state index contributed by atoms with van der Waals surface area (Å²) in [5, 5.41) is 7.65. The van der Waals surface area contributed by atoms with Crippen molar-refractivity contribution in [1.29, 1.82) is 0 Å². The summed E-state index contributed by atoms with van der Waals surface area (Å²) in [5.74, 6) is 1.71. The Hall–Kier alpha value is -2.19. The van der Waals surface area contributed by atoms with Crippen molar-refractivity contribution in [1.82, 2.24) is 25.0 Å². The molecule has 1 spiro atoms. The number of likely N-dealkylation sites (tertiary alicyclic amines) is 1. The van der Waals surface area contributed by atoms with Gasteiger partial charge < -0.3 is 14.5 Å². The maximum absolute atomic E-state index is 5.87. The predicted molar refractivity (Wildman–Crippen MR) is 117 cm³/mol. The molecule has 0 unspecified atom stereocenters. The standard InChI is InChI=1S/C21H25BrN6O/c1-13-11-21(12-29-13)5-8-28(9-6-21)20-24-19-17(14(2)27(20)3)18(25-26-19)15-4-7-23-16(22)10-15/h4,7,10,13H,2,5-6,8-9,11-12H2,1,3H3,(H,25,26)/t13-/m0/s1. The van der Waals surface area contributed by atoms with Gasteiger partial charge in [0.05, 0.1) is 18.3 Å². The predicted octanol–water partition coefficient (Wildman–Crippen LogP) is 4.03. The highest BCUT2D eigenvalue weighted by Crippen LogP contribution is 2.43. The molecule has 2 aromatic heterocycles. The molecule has 3 aliphatic heterocycles. The lowest BCUT2D eigenvalue weighted by molar-refractivity contribution is 0.0827. The molecule has 0 radical (unpaired) electrons. The zero-order chi connectivity index (χ0) is 20.2. The van der Waals surface area contributed by atoms with Crippen molar-refractivity contribution in [3.8, 4) is 11.3 Å². The molecular formula is C21H25BrN6O. The quantitative estimate of drug-likeness (QED) is 0.655. The number of halogens is 1. The molecular weight excluding hydrogens is 432 g/mol. The van der Waals surface area contributed by atoms with Gasteiger partial charge in [-0.2, -0.15) is 10.1 Å². The van der Waals surface area contributed by atoms with Gasteiger partial charge >= 0.3 is 0 Å². The fourth-order valence-corrected chi connectivity index (χ4v) is 5.13. The van der Waals surface area contributed by atoms with Gasteiger partial charge in [0.1, 0.15) is 10.3 Å². The summed E-state index contributed by atoms with van der Waals surface area (Å²) < 4.78 is 6.65. The van der Waals surface area contributed by atoms with Crippen molar-refractivity contribution in [3.63, 3.8) is 0 Å². The van der Waals surface area contributed by atoms with Crippen LogP contribution < -0.4 is 0 Å². The van der Waals surface area contributed by atoms with Gasteiger partial charge in [-0.15, -0.1) is 0 Å². The molecule has 2 aromatic rings. The first-order chi connectivity index (χ1) is 14.0. The van der Waals surface area contributed by atoms with Crippen LogP contribution in [0.1, 0.15) is 31.7 Å². The molecule has 0 aromatic carbocycles. The molecule has 29 heavy (non-hydrogen) atoms. The number of nitrogens with one attached hydrogen (secondary N) is 1. The molecule has 0 bridgehead atoms. The van der Waals surface area contributed by atoms with Crippen LogP contribution in [0.5, 0.6) is 0 Å². The summed E-state index contributed by atoms with van der Waals surface area (Å²) in [6.07, 6.45) is 5.61. The molecule has 1 atom stereocenters.